The molecule has 0 N–H and O–H groups in total. The van der Waals surface area contributed by atoms with E-state index in [4.69, 9.17) is 19.5 Å². The van der Waals surface area contributed by atoms with E-state index in [1.165, 1.54) is 38.6 Å². The summed E-state index contributed by atoms with van der Waals surface area (Å²) in [5.41, 5.74) is 10.5. The van der Waals surface area contributed by atoms with Crippen LogP contribution < -0.4 is 4.74 Å². The van der Waals surface area contributed by atoms with Crippen LogP contribution >= 0.6 is 0 Å². The van der Waals surface area contributed by atoms with Crippen molar-refractivity contribution in [2.24, 2.45) is 10.9 Å². The van der Waals surface area contributed by atoms with Gasteiger partial charge in [0.05, 0.1) is 16.6 Å². The summed E-state index contributed by atoms with van der Waals surface area (Å²) >= 11 is 0. The number of benzene rings is 4. The third-order valence-electron chi connectivity index (χ3n) is 12.5. The molecule has 7 rings (SSSR count). The minimum Gasteiger partial charge on any atom is -0.475 e. The molecule has 0 bridgehead atoms. The van der Waals surface area contributed by atoms with Crippen molar-refractivity contribution >= 4 is 27.7 Å². The van der Waals surface area contributed by atoms with Crippen LogP contribution in [0.1, 0.15) is 155 Å². The summed E-state index contributed by atoms with van der Waals surface area (Å²) in [5.74, 6) is 4.29. The van der Waals surface area contributed by atoms with Gasteiger partial charge in [-0.25, -0.2) is 9.98 Å². The fraction of sp³-hybridized carbons (Fsp3) is 0.444. The van der Waals surface area contributed by atoms with Crippen LogP contribution in [-0.2, 0) is 15.6 Å². The number of hydrogen-bond donors (Lipinski definition) is 0. The third kappa shape index (κ3) is 8.45. The summed E-state index contributed by atoms with van der Waals surface area (Å²) in [5, 5.41) is 2.38. The molecule has 3 heterocycles. The Labute approximate surface area is 354 Å². The number of hydrogen-bond acceptors (Lipinski definition) is 4. The van der Waals surface area contributed by atoms with E-state index in [0.29, 0.717) is 30.3 Å². The monoisotopic (exact) mass is 790 g/mol. The highest BCUT2D eigenvalue weighted by Crippen LogP contribution is 2.42. The summed E-state index contributed by atoms with van der Waals surface area (Å²) in [6.45, 7) is 30.1. The van der Waals surface area contributed by atoms with E-state index >= 15 is 0 Å². The van der Waals surface area contributed by atoms with Crippen LogP contribution in [0.25, 0.3) is 38.8 Å². The number of ether oxygens (including phenoxy) is 2. The third-order valence-corrected chi connectivity index (χ3v) is 12.5. The predicted molar refractivity (Wildman–Crippen MR) is 250 cm³/mol. The van der Waals surface area contributed by atoms with Gasteiger partial charge >= 0.3 is 0 Å². The molecule has 0 saturated heterocycles. The van der Waals surface area contributed by atoms with Crippen molar-refractivity contribution in [3.63, 3.8) is 0 Å². The minimum atomic E-state index is -0.263. The Morgan fingerprint density at radius 2 is 1.34 bits per heavy atom. The zero-order valence-electron chi connectivity index (χ0n) is 38.1. The van der Waals surface area contributed by atoms with E-state index in [2.05, 4.69) is 180 Å². The number of fused-ring (bicyclic) bond motifs is 3. The Kier molecular flexibility index (Phi) is 11.7. The van der Waals surface area contributed by atoms with Gasteiger partial charge in [-0.1, -0.05) is 120 Å². The molecule has 6 aromatic rings. The number of nitrogens with zero attached hydrogens (tertiary/aromatic N) is 3. The van der Waals surface area contributed by atoms with Gasteiger partial charge in [-0.3, -0.25) is 4.57 Å². The van der Waals surface area contributed by atoms with Gasteiger partial charge in [-0.15, -0.1) is 0 Å². The molecule has 2 aromatic heterocycles. The fourth-order valence-corrected chi connectivity index (χ4v) is 9.06. The van der Waals surface area contributed by atoms with Gasteiger partial charge in [-0.05, 0) is 136 Å². The first-order chi connectivity index (χ1) is 27.9. The highest BCUT2D eigenvalue weighted by atomic mass is 16.5. The molecular formula is C54H67N3O2. The van der Waals surface area contributed by atoms with Crippen molar-refractivity contribution < 1.29 is 9.47 Å². The number of pyridine rings is 1. The van der Waals surface area contributed by atoms with Gasteiger partial charge in [0.25, 0.3) is 0 Å². The van der Waals surface area contributed by atoms with Gasteiger partial charge in [-0.2, -0.15) is 0 Å². The van der Waals surface area contributed by atoms with Crippen molar-refractivity contribution in [2.75, 3.05) is 6.61 Å². The molecule has 0 fully saturated rings. The topological polar surface area (TPSA) is 48.6 Å². The lowest BCUT2D eigenvalue weighted by Gasteiger charge is -2.29. The van der Waals surface area contributed by atoms with Gasteiger partial charge < -0.3 is 9.47 Å². The molecule has 5 heteroatoms. The van der Waals surface area contributed by atoms with Crippen molar-refractivity contribution in [1.82, 2.24) is 9.55 Å². The number of rotatable bonds is 12. The second-order valence-electron chi connectivity index (χ2n) is 20.0. The fourth-order valence-electron chi connectivity index (χ4n) is 9.06. The Morgan fingerprint density at radius 3 is 1.97 bits per heavy atom. The normalized spacial score (nSPS) is 16.2. The molecule has 5 nitrogen and oxygen atoms in total. The zero-order chi connectivity index (χ0) is 42.4. The minimum absolute atomic E-state index is 0.0140. The first kappa shape index (κ1) is 42.2. The standard InChI is InChI=1S/C54H67N3O2/c1-14-17-38(18-15-2)54(13)33-58-51(56-54)37-27-36(50-43(34(3)4)19-16-20-44(50)35(5)6)28-42(29-37)59-41-22-23-45-46-30-39(52(7,8)9)21-24-47(46)57(48(45)32-41)49-31-40(25-26-55-49)53(10,11)12/h16,19-32,34-35,38H,14-15,17-18,33H2,1-13H3/t54-/m0/s1. The van der Waals surface area contributed by atoms with Crippen molar-refractivity contribution in [3.05, 3.63) is 119 Å². The van der Waals surface area contributed by atoms with E-state index in [-0.39, 0.29) is 16.4 Å². The maximum atomic E-state index is 7.02. The average Bonchev–Trinajstić information content (AvgIpc) is 3.75. The molecule has 59 heavy (non-hydrogen) atoms. The predicted octanol–water partition coefficient (Wildman–Crippen LogP) is 15.2. The van der Waals surface area contributed by atoms with Crippen LogP contribution in [0.4, 0.5) is 0 Å². The average molecular weight is 790 g/mol. The SMILES string of the molecule is CCCC(CCC)[C@]1(C)COC(c2cc(Oc3ccc4c5cc(C(C)(C)C)ccc5n(-c5cc(C(C)(C)C)ccn5)c4c3)cc(-c3c(C(C)C)cccc3C(C)C)c2)=N1. The van der Waals surface area contributed by atoms with E-state index in [1.807, 2.05) is 6.20 Å². The second kappa shape index (κ2) is 16.3. The summed E-state index contributed by atoms with van der Waals surface area (Å²) in [4.78, 5) is 10.4. The molecule has 0 spiro atoms. The van der Waals surface area contributed by atoms with Gasteiger partial charge in [0.2, 0.25) is 5.90 Å². The number of aliphatic imine (C=N–C) groups is 1. The van der Waals surface area contributed by atoms with Crippen LogP contribution in [-0.4, -0.2) is 27.6 Å². The molecule has 0 aliphatic carbocycles. The molecule has 4 aromatic carbocycles. The first-order valence-electron chi connectivity index (χ1n) is 22.2. The van der Waals surface area contributed by atoms with Crippen LogP contribution in [0.5, 0.6) is 11.5 Å². The zero-order valence-corrected chi connectivity index (χ0v) is 38.1. The molecule has 0 unspecified atom stereocenters. The second-order valence-corrected chi connectivity index (χ2v) is 20.0. The molecule has 0 radical (unpaired) electrons. The van der Waals surface area contributed by atoms with E-state index < -0.39 is 0 Å². The van der Waals surface area contributed by atoms with Gasteiger partial charge in [0, 0.05) is 28.6 Å². The van der Waals surface area contributed by atoms with Crippen LogP contribution in [0.3, 0.4) is 0 Å². The summed E-state index contributed by atoms with van der Waals surface area (Å²) < 4.78 is 15.9. The van der Waals surface area contributed by atoms with Crippen LogP contribution in [0, 0.1) is 5.92 Å². The van der Waals surface area contributed by atoms with E-state index in [0.717, 1.165) is 65.2 Å². The quantitative estimate of drug-likeness (QED) is 0.124. The Morgan fingerprint density at radius 1 is 0.695 bits per heavy atom. The molecule has 0 saturated carbocycles. The van der Waals surface area contributed by atoms with Crippen molar-refractivity contribution in [2.45, 2.75) is 144 Å². The molecule has 310 valence electrons. The van der Waals surface area contributed by atoms with Gasteiger partial charge in [0.15, 0.2) is 0 Å². The summed E-state index contributed by atoms with van der Waals surface area (Å²) in [6, 6.07) is 31.2. The Bertz CT molecular complexity index is 2470. The molecule has 1 atom stereocenters. The maximum absolute atomic E-state index is 7.02. The lowest BCUT2D eigenvalue weighted by molar-refractivity contribution is 0.188. The van der Waals surface area contributed by atoms with E-state index in [1.54, 1.807) is 0 Å². The van der Waals surface area contributed by atoms with Crippen LogP contribution in [0.2, 0.25) is 0 Å². The molecule has 1 aliphatic rings. The molecular weight excluding hydrogens is 723 g/mol. The van der Waals surface area contributed by atoms with Crippen LogP contribution in [0.15, 0.2) is 96.1 Å². The molecule has 0 amide bonds. The van der Waals surface area contributed by atoms with Gasteiger partial charge in [0.1, 0.15) is 23.9 Å². The highest BCUT2D eigenvalue weighted by molar-refractivity contribution is 6.10. The smallest absolute Gasteiger partial charge is 0.216 e. The lowest BCUT2D eigenvalue weighted by Crippen LogP contribution is -2.34. The largest absolute Gasteiger partial charge is 0.475 e. The lowest BCUT2D eigenvalue weighted by atomic mass is 9.81. The van der Waals surface area contributed by atoms with E-state index in [9.17, 15) is 0 Å². The highest BCUT2D eigenvalue weighted by Gasteiger charge is 2.39. The Balaban J connectivity index is 1.42. The molecule has 1 aliphatic heterocycles. The number of aromatic nitrogens is 2. The van der Waals surface area contributed by atoms with Crippen molar-refractivity contribution in [1.29, 1.82) is 0 Å². The summed E-state index contributed by atoms with van der Waals surface area (Å²) in [7, 11) is 0. The van der Waals surface area contributed by atoms with Crippen molar-refractivity contribution in [3.8, 4) is 28.4 Å². The first-order valence-corrected chi connectivity index (χ1v) is 22.2. The summed E-state index contributed by atoms with van der Waals surface area (Å²) in [6.07, 6.45) is 6.51. The maximum Gasteiger partial charge on any atom is 0.216 e. The Hall–Kier alpha value is -4.90.